The van der Waals surface area contributed by atoms with Gasteiger partial charge >= 0.3 is 0 Å². The average molecular weight is 251 g/mol. The molecule has 1 unspecified atom stereocenters. The molecule has 1 heterocycles. The van der Waals surface area contributed by atoms with Crippen LogP contribution in [-0.4, -0.2) is 24.5 Å². The Hall–Kier alpha value is -0.340. The van der Waals surface area contributed by atoms with Crippen molar-refractivity contribution in [3.05, 3.63) is 21.9 Å². The van der Waals surface area contributed by atoms with Gasteiger partial charge in [0.05, 0.1) is 0 Å². The van der Waals surface area contributed by atoms with Gasteiger partial charge in [-0.05, 0) is 55.8 Å². The Bertz CT molecular complexity index is 331. The van der Waals surface area contributed by atoms with Crippen LogP contribution in [0.4, 0.5) is 0 Å². The summed E-state index contributed by atoms with van der Waals surface area (Å²) < 4.78 is 0. The molecule has 1 nitrogen and oxygen atoms in total. The zero-order chi connectivity index (χ0) is 12.1. The minimum atomic E-state index is 0.815. The van der Waals surface area contributed by atoms with Gasteiger partial charge in [0.25, 0.3) is 0 Å². The van der Waals surface area contributed by atoms with E-state index in [0.29, 0.717) is 0 Å². The van der Waals surface area contributed by atoms with E-state index in [2.05, 4.69) is 30.2 Å². The Morgan fingerprint density at radius 3 is 3.06 bits per heavy atom. The van der Waals surface area contributed by atoms with Gasteiger partial charge in [0, 0.05) is 17.3 Å². The molecule has 1 aliphatic rings. The second kappa shape index (κ2) is 6.55. The van der Waals surface area contributed by atoms with Gasteiger partial charge in [-0.25, -0.2) is 0 Å². The van der Waals surface area contributed by atoms with Crippen molar-refractivity contribution in [3.8, 4) is 0 Å². The summed E-state index contributed by atoms with van der Waals surface area (Å²) >= 11 is 1.98. The highest BCUT2D eigenvalue weighted by molar-refractivity contribution is 7.10. The molecule has 0 spiro atoms. The monoisotopic (exact) mass is 251 g/mol. The second-order valence-electron chi connectivity index (χ2n) is 5.15. The predicted octanol–water partition coefficient (Wildman–Crippen LogP) is 4.29. The van der Waals surface area contributed by atoms with E-state index in [4.69, 9.17) is 0 Å². The molecule has 0 aromatic carbocycles. The summed E-state index contributed by atoms with van der Waals surface area (Å²) in [5.74, 6) is 0.815. The molecular weight excluding hydrogens is 226 g/mol. The minimum Gasteiger partial charge on any atom is -0.303 e. The molecule has 0 N–H and O–H groups in total. The Balaban J connectivity index is 1.95. The molecule has 0 fully saturated rings. The maximum atomic E-state index is 2.64. The molecule has 0 bridgehead atoms. The van der Waals surface area contributed by atoms with Gasteiger partial charge in [-0.15, -0.1) is 11.3 Å². The highest BCUT2D eigenvalue weighted by atomic mass is 32.1. The zero-order valence-electron chi connectivity index (χ0n) is 11.2. The van der Waals surface area contributed by atoms with Crippen molar-refractivity contribution in [1.82, 2.24) is 4.90 Å². The lowest BCUT2D eigenvalue weighted by Gasteiger charge is -2.29. The van der Waals surface area contributed by atoms with E-state index >= 15 is 0 Å². The summed E-state index contributed by atoms with van der Waals surface area (Å²) in [7, 11) is 0. The van der Waals surface area contributed by atoms with Crippen LogP contribution in [0.25, 0.3) is 0 Å². The van der Waals surface area contributed by atoms with E-state index in [1.807, 2.05) is 11.3 Å². The van der Waals surface area contributed by atoms with Crippen LogP contribution in [0.15, 0.2) is 11.4 Å². The van der Waals surface area contributed by atoms with Gasteiger partial charge in [0.2, 0.25) is 0 Å². The third-order valence-corrected chi connectivity index (χ3v) is 5.03. The van der Waals surface area contributed by atoms with Gasteiger partial charge in [-0.2, -0.15) is 0 Å². The molecule has 96 valence electrons. The molecule has 1 atom stereocenters. The topological polar surface area (TPSA) is 3.24 Å². The largest absolute Gasteiger partial charge is 0.303 e. The van der Waals surface area contributed by atoms with Crippen molar-refractivity contribution in [2.75, 3.05) is 19.6 Å². The minimum absolute atomic E-state index is 0.815. The fourth-order valence-electron chi connectivity index (χ4n) is 2.83. The smallest absolute Gasteiger partial charge is 0.0121 e. The zero-order valence-corrected chi connectivity index (χ0v) is 12.1. The summed E-state index contributed by atoms with van der Waals surface area (Å²) in [6.07, 6.45) is 6.76. The Labute approximate surface area is 110 Å². The van der Waals surface area contributed by atoms with E-state index in [0.717, 1.165) is 5.92 Å². The molecule has 1 aliphatic carbocycles. The van der Waals surface area contributed by atoms with Gasteiger partial charge in [0.15, 0.2) is 0 Å². The molecule has 17 heavy (non-hydrogen) atoms. The van der Waals surface area contributed by atoms with Crippen molar-refractivity contribution in [2.45, 2.75) is 51.9 Å². The maximum Gasteiger partial charge on any atom is 0.0121 e. The van der Waals surface area contributed by atoms with E-state index < -0.39 is 0 Å². The number of nitrogens with zero attached hydrogens (tertiary/aromatic N) is 1. The number of likely N-dealkylation sites (N-methyl/N-ethyl adjacent to an activating group) is 1. The van der Waals surface area contributed by atoms with Crippen molar-refractivity contribution >= 4 is 11.3 Å². The highest BCUT2D eigenvalue weighted by Crippen LogP contribution is 2.35. The fourth-order valence-corrected chi connectivity index (χ4v) is 3.91. The third kappa shape index (κ3) is 3.32. The van der Waals surface area contributed by atoms with Gasteiger partial charge in [0.1, 0.15) is 0 Å². The lowest BCUT2D eigenvalue weighted by Crippen LogP contribution is -2.30. The molecule has 0 aliphatic heterocycles. The average Bonchev–Trinajstić information content (AvgIpc) is 2.83. The normalized spacial score (nSPS) is 19.6. The van der Waals surface area contributed by atoms with E-state index in [1.165, 1.54) is 51.7 Å². The number of fused-ring (bicyclic) bond motifs is 1. The second-order valence-corrected chi connectivity index (χ2v) is 6.09. The Morgan fingerprint density at radius 1 is 1.41 bits per heavy atom. The summed E-state index contributed by atoms with van der Waals surface area (Å²) in [6, 6.07) is 2.34. The molecule has 0 radical (unpaired) electrons. The summed E-state index contributed by atoms with van der Waals surface area (Å²) in [5.41, 5.74) is 1.64. The van der Waals surface area contributed by atoms with Crippen molar-refractivity contribution in [1.29, 1.82) is 0 Å². The van der Waals surface area contributed by atoms with Crippen LogP contribution in [0.3, 0.4) is 0 Å². The summed E-state index contributed by atoms with van der Waals surface area (Å²) in [4.78, 5) is 4.33. The standard InChI is InChI=1S/C15H25NS/c1-3-5-10-16(4-2)12-14-8-6-7-13-9-11-17-15(13)14/h9,11,14H,3-8,10,12H2,1-2H3. The Kier molecular flexibility index (Phi) is 5.05. The van der Waals surface area contributed by atoms with Crippen LogP contribution in [-0.2, 0) is 6.42 Å². The first kappa shape index (κ1) is 13.1. The fraction of sp³-hybridized carbons (Fsp3) is 0.733. The quantitative estimate of drug-likeness (QED) is 0.729. The van der Waals surface area contributed by atoms with Gasteiger partial charge in [-0.3, -0.25) is 0 Å². The molecule has 1 aromatic rings. The molecule has 2 rings (SSSR count). The molecule has 0 saturated heterocycles. The van der Waals surface area contributed by atoms with Crippen molar-refractivity contribution in [3.63, 3.8) is 0 Å². The third-order valence-electron chi connectivity index (χ3n) is 3.90. The maximum absolute atomic E-state index is 2.64. The molecule has 2 heteroatoms. The first-order valence-electron chi connectivity index (χ1n) is 7.13. The molecule has 0 amide bonds. The predicted molar refractivity (Wildman–Crippen MR) is 77.0 cm³/mol. The molecule has 0 saturated carbocycles. The number of hydrogen-bond acceptors (Lipinski definition) is 2. The highest BCUT2D eigenvalue weighted by Gasteiger charge is 2.22. The number of thiophene rings is 1. The number of aryl methyl sites for hydroxylation is 1. The molecular formula is C15H25NS. The first-order chi connectivity index (χ1) is 8.35. The van der Waals surface area contributed by atoms with Crippen LogP contribution in [0, 0.1) is 0 Å². The van der Waals surface area contributed by atoms with E-state index in [-0.39, 0.29) is 0 Å². The van der Waals surface area contributed by atoms with Crippen LogP contribution >= 0.6 is 11.3 Å². The first-order valence-corrected chi connectivity index (χ1v) is 8.01. The summed E-state index contributed by atoms with van der Waals surface area (Å²) in [5, 5.41) is 2.28. The van der Waals surface area contributed by atoms with Crippen LogP contribution < -0.4 is 0 Å². The van der Waals surface area contributed by atoms with Crippen molar-refractivity contribution < 1.29 is 0 Å². The lowest BCUT2D eigenvalue weighted by atomic mass is 9.89. The Morgan fingerprint density at radius 2 is 2.29 bits per heavy atom. The van der Waals surface area contributed by atoms with Gasteiger partial charge in [-0.1, -0.05) is 20.3 Å². The van der Waals surface area contributed by atoms with Crippen LogP contribution in [0.2, 0.25) is 0 Å². The summed E-state index contributed by atoms with van der Waals surface area (Å²) in [6.45, 7) is 8.35. The van der Waals surface area contributed by atoms with Crippen molar-refractivity contribution in [2.24, 2.45) is 0 Å². The SMILES string of the molecule is CCCCN(CC)CC1CCCc2ccsc21. The van der Waals surface area contributed by atoms with Gasteiger partial charge < -0.3 is 4.90 Å². The van der Waals surface area contributed by atoms with Crippen LogP contribution in [0.1, 0.15) is 55.9 Å². The number of hydrogen-bond donors (Lipinski definition) is 0. The van der Waals surface area contributed by atoms with E-state index in [1.54, 1.807) is 10.4 Å². The number of unbranched alkanes of at least 4 members (excludes halogenated alkanes) is 1. The van der Waals surface area contributed by atoms with Crippen LogP contribution in [0.5, 0.6) is 0 Å². The molecule has 1 aromatic heterocycles. The lowest BCUT2D eigenvalue weighted by molar-refractivity contribution is 0.257. The number of rotatable bonds is 6. The van der Waals surface area contributed by atoms with E-state index in [9.17, 15) is 0 Å².